The van der Waals surface area contributed by atoms with Crippen LogP contribution in [0.5, 0.6) is 0 Å². The van der Waals surface area contributed by atoms with Gasteiger partial charge in [-0.1, -0.05) is 18.2 Å². The smallest absolute Gasteiger partial charge is 0.410 e. The lowest BCUT2D eigenvalue weighted by atomic mass is 9.96. The van der Waals surface area contributed by atoms with E-state index in [9.17, 15) is 9.59 Å². The van der Waals surface area contributed by atoms with Crippen LogP contribution in [0.2, 0.25) is 0 Å². The third-order valence-corrected chi connectivity index (χ3v) is 3.07. The minimum absolute atomic E-state index is 0.503. The van der Waals surface area contributed by atoms with Gasteiger partial charge in [0.1, 0.15) is 17.9 Å². The van der Waals surface area contributed by atoms with Gasteiger partial charge in [0.2, 0.25) is 0 Å². The van der Waals surface area contributed by atoms with Gasteiger partial charge in [-0.2, -0.15) is 0 Å². The van der Waals surface area contributed by atoms with E-state index in [2.05, 4.69) is 0 Å². The zero-order valence-electron chi connectivity index (χ0n) is 13.1. The molecule has 1 aromatic carbocycles. The van der Waals surface area contributed by atoms with Crippen molar-refractivity contribution in [3.63, 3.8) is 0 Å². The molecule has 0 fully saturated rings. The van der Waals surface area contributed by atoms with Gasteiger partial charge in [-0.15, -0.1) is 0 Å². The molecule has 0 aliphatic rings. The van der Waals surface area contributed by atoms with Gasteiger partial charge in [-0.05, 0) is 51.3 Å². The lowest BCUT2D eigenvalue weighted by Gasteiger charge is -2.29. The summed E-state index contributed by atoms with van der Waals surface area (Å²) in [5.41, 5.74) is 2.24. The van der Waals surface area contributed by atoms with E-state index < -0.39 is 17.7 Å². The first-order valence-corrected chi connectivity index (χ1v) is 6.64. The first kappa shape index (κ1) is 16.2. The molecule has 0 aromatic heterocycles. The summed E-state index contributed by atoms with van der Waals surface area (Å²) in [4.78, 5) is 24.9. The maximum Gasteiger partial charge on any atom is 0.410 e. The number of benzene rings is 1. The Kier molecular flexibility index (Phi) is 4.93. The predicted molar refractivity (Wildman–Crippen MR) is 78.7 cm³/mol. The van der Waals surface area contributed by atoms with Gasteiger partial charge in [0.15, 0.2) is 0 Å². The van der Waals surface area contributed by atoms with Crippen molar-refractivity contribution in [2.45, 2.75) is 46.3 Å². The van der Waals surface area contributed by atoms with Gasteiger partial charge in [0.05, 0.1) is 0 Å². The van der Waals surface area contributed by atoms with Crippen LogP contribution in [0.25, 0.3) is 0 Å². The van der Waals surface area contributed by atoms with Crippen LogP contribution in [0.4, 0.5) is 4.79 Å². The van der Waals surface area contributed by atoms with E-state index in [1.165, 1.54) is 4.90 Å². The van der Waals surface area contributed by atoms with E-state index in [0.29, 0.717) is 0 Å². The largest absolute Gasteiger partial charge is 0.444 e. The summed E-state index contributed by atoms with van der Waals surface area (Å²) in [6.45, 7) is 9.26. The van der Waals surface area contributed by atoms with Crippen LogP contribution in [0.1, 0.15) is 43.5 Å². The molecule has 4 heteroatoms. The monoisotopic (exact) mass is 277 g/mol. The quantitative estimate of drug-likeness (QED) is 0.795. The zero-order valence-corrected chi connectivity index (χ0v) is 13.1. The molecular weight excluding hydrogens is 254 g/mol. The fraction of sp³-hybridized carbons (Fsp3) is 0.500. The fourth-order valence-electron chi connectivity index (χ4n) is 2.09. The Hall–Kier alpha value is -1.84. The average molecular weight is 277 g/mol. The first-order valence-electron chi connectivity index (χ1n) is 6.64. The number of nitrogens with zero attached hydrogens (tertiary/aromatic N) is 1. The number of carbonyl (C=O) groups excluding carboxylic acids is 2. The van der Waals surface area contributed by atoms with Crippen LogP contribution in [0.3, 0.4) is 0 Å². The van der Waals surface area contributed by atoms with E-state index in [0.717, 1.165) is 23.0 Å². The van der Waals surface area contributed by atoms with Crippen molar-refractivity contribution in [1.82, 2.24) is 4.90 Å². The molecular formula is C16H23NO3. The summed E-state index contributed by atoms with van der Waals surface area (Å²) in [6.07, 6.45) is 0.274. The molecule has 0 saturated heterocycles. The molecule has 0 heterocycles. The molecule has 0 spiro atoms. The van der Waals surface area contributed by atoms with Crippen LogP contribution >= 0.6 is 0 Å². The molecule has 1 unspecified atom stereocenters. The third kappa shape index (κ3) is 3.83. The SMILES string of the molecule is Cc1cccc(C)c1C(C=O)N(C)C(=O)OC(C)(C)C. The molecule has 1 rings (SSSR count). The number of hydrogen-bond donors (Lipinski definition) is 0. The summed E-state index contributed by atoms with van der Waals surface area (Å²) in [5.74, 6) is 0. The minimum Gasteiger partial charge on any atom is -0.444 e. The Morgan fingerprint density at radius 1 is 1.25 bits per heavy atom. The predicted octanol–water partition coefficient (Wildman–Crippen LogP) is 3.41. The van der Waals surface area contributed by atoms with E-state index in [4.69, 9.17) is 4.74 Å². The summed E-state index contributed by atoms with van der Waals surface area (Å²) in [6, 6.07) is 5.17. The number of aldehydes is 1. The van der Waals surface area contributed by atoms with Crippen LogP contribution < -0.4 is 0 Å². The van der Waals surface area contributed by atoms with Gasteiger partial charge in [0.25, 0.3) is 0 Å². The van der Waals surface area contributed by atoms with Gasteiger partial charge in [0, 0.05) is 7.05 Å². The number of likely N-dealkylation sites (N-methyl/N-ethyl adjacent to an activating group) is 1. The summed E-state index contributed by atoms with van der Waals surface area (Å²) in [7, 11) is 1.58. The highest BCUT2D eigenvalue weighted by molar-refractivity contribution is 5.75. The van der Waals surface area contributed by atoms with Crippen molar-refractivity contribution in [2.24, 2.45) is 0 Å². The minimum atomic E-state index is -0.633. The number of hydrogen-bond acceptors (Lipinski definition) is 3. The second-order valence-electron chi connectivity index (χ2n) is 5.98. The molecule has 0 radical (unpaired) electrons. The molecule has 0 N–H and O–H groups in total. The Morgan fingerprint density at radius 3 is 2.15 bits per heavy atom. The zero-order chi connectivity index (χ0) is 15.5. The maximum absolute atomic E-state index is 12.1. The van der Waals surface area contributed by atoms with Crippen molar-refractivity contribution >= 4 is 12.4 Å². The lowest BCUT2D eigenvalue weighted by Crippen LogP contribution is -2.37. The van der Waals surface area contributed by atoms with E-state index in [-0.39, 0.29) is 0 Å². The highest BCUT2D eigenvalue weighted by Gasteiger charge is 2.27. The van der Waals surface area contributed by atoms with Gasteiger partial charge >= 0.3 is 6.09 Å². The Balaban J connectivity index is 3.08. The van der Waals surface area contributed by atoms with Crippen molar-refractivity contribution in [1.29, 1.82) is 0 Å². The van der Waals surface area contributed by atoms with Gasteiger partial charge in [-0.3, -0.25) is 4.90 Å². The second-order valence-corrected chi connectivity index (χ2v) is 5.98. The van der Waals surface area contributed by atoms with Crippen molar-refractivity contribution in [3.05, 3.63) is 34.9 Å². The van der Waals surface area contributed by atoms with Crippen molar-refractivity contribution in [2.75, 3.05) is 7.05 Å². The molecule has 4 nitrogen and oxygen atoms in total. The lowest BCUT2D eigenvalue weighted by molar-refractivity contribution is -0.112. The highest BCUT2D eigenvalue weighted by atomic mass is 16.6. The molecule has 110 valence electrons. The molecule has 0 aliphatic carbocycles. The van der Waals surface area contributed by atoms with E-state index in [1.807, 2.05) is 32.0 Å². The van der Waals surface area contributed by atoms with Gasteiger partial charge < -0.3 is 9.53 Å². The number of amides is 1. The van der Waals surface area contributed by atoms with Crippen LogP contribution in [0, 0.1) is 13.8 Å². The summed E-state index contributed by atoms with van der Waals surface area (Å²) in [5, 5.41) is 0. The number of aryl methyl sites for hydroxylation is 2. The normalized spacial score (nSPS) is 12.7. The maximum atomic E-state index is 12.1. The van der Waals surface area contributed by atoms with E-state index >= 15 is 0 Å². The van der Waals surface area contributed by atoms with Gasteiger partial charge in [-0.25, -0.2) is 4.79 Å². The highest BCUT2D eigenvalue weighted by Crippen LogP contribution is 2.26. The molecule has 0 bridgehead atoms. The number of rotatable bonds is 3. The summed E-state index contributed by atoms with van der Waals surface area (Å²) >= 11 is 0. The molecule has 0 saturated carbocycles. The molecule has 20 heavy (non-hydrogen) atoms. The second kappa shape index (κ2) is 6.07. The number of ether oxygens (including phenoxy) is 1. The third-order valence-electron chi connectivity index (χ3n) is 3.07. The average Bonchev–Trinajstić information content (AvgIpc) is 2.31. The van der Waals surface area contributed by atoms with Crippen LogP contribution in [-0.2, 0) is 9.53 Å². The summed E-state index contributed by atoms with van der Waals surface area (Å²) < 4.78 is 5.31. The Morgan fingerprint density at radius 2 is 1.75 bits per heavy atom. The molecule has 0 aliphatic heterocycles. The molecule has 1 aromatic rings. The molecule has 1 amide bonds. The fourth-order valence-corrected chi connectivity index (χ4v) is 2.09. The topological polar surface area (TPSA) is 46.6 Å². The van der Waals surface area contributed by atoms with E-state index in [1.54, 1.807) is 27.8 Å². The van der Waals surface area contributed by atoms with Crippen molar-refractivity contribution < 1.29 is 14.3 Å². The Labute approximate surface area is 120 Å². The van der Waals surface area contributed by atoms with Crippen LogP contribution in [0.15, 0.2) is 18.2 Å². The first-order chi connectivity index (χ1) is 9.17. The van der Waals surface area contributed by atoms with Crippen LogP contribution in [-0.4, -0.2) is 29.9 Å². The number of carbonyl (C=O) groups is 2. The molecule has 1 atom stereocenters. The Bertz CT molecular complexity index is 483. The standard InChI is InChI=1S/C16H23NO3/c1-11-8-7-9-12(2)14(11)13(10-18)17(6)15(19)20-16(3,4)5/h7-10,13H,1-6H3. The van der Waals surface area contributed by atoms with Crippen molar-refractivity contribution in [3.8, 4) is 0 Å².